The molecule has 0 unspecified atom stereocenters. The summed E-state index contributed by atoms with van der Waals surface area (Å²) in [6.07, 6.45) is 0. The van der Waals surface area contributed by atoms with Crippen LogP contribution < -0.4 is 0 Å². The maximum absolute atomic E-state index is 13.1. The number of hydrogen-bond donors (Lipinski definition) is 0. The maximum atomic E-state index is 13.1. The van der Waals surface area contributed by atoms with Gasteiger partial charge in [0.15, 0.2) is 0 Å². The Morgan fingerprint density at radius 3 is 1.43 bits per heavy atom. The third-order valence-corrected chi connectivity index (χ3v) is 6.26. The van der Waals surface area contributed by atoms with Gasteiger partial charge in [0.05, 0.1) is 11.1 Å². The van der Waals surface area contributed by atoms with E-state index in [1.165, 1.54) is 0 Å². The van der Waals surface area contributed by atoms with E-state index in [0.717, 1.165) is 32.7 Å². The molecule has 136 valence electrons. The Balaban J connectivity index is 1.84. The van der Waals surface area contributed by atoms with Crippen LogP contribution in [0.15, 0.2) is 72.8 Å². The standard InChI is InChI=1S/C24H18O3P/c1-15-11-13-17-7-3-5-9-19(17)21(15)23(25)28(27)24(26)22-16(2)12-14-18-8-4-6-10-20(18)22/h3-14H,1-2H3/q+1. The first kappa shape index (κ1) is 18.2. The maximum Gasteiger partial charge on any atom is 0.501 e. The SMILES string of the molecule is Cc1ccc2ccccc2c1C(=O)[P+](=O)C(=O)c1c(C)ccc2ccccc12. The van der Waals surface area contributed by atoms with Gasteiger partial charge in [-0.1, -0.05) is 77.4 Å². The van der Waals surface area contributed by atoms with Crippen molar-refractivity contribution >= 4 is 40.4 Å². The van der Waals surface area contributed by atoms with Gasteiger partial charge < -0.3 is 0 Å². The van der Waals surface area contributed by atoms with Gasteiger partial charge in [0.1, 0.15) is 0 Å². The molecule has 0 radical (unpaired) electrons. The highest BCUT2D eigenvalue weighted by molar-refractivity contribution is 7.80. The summed E-state index contributed by atoms with van der Waals surface area (Å²) in [7, 11) is -2.76. The van der Waals surface area contributed by atoms with E-state index in [1.54, 1.807) is 13.8 Å². The fraction of sp³-hybridized carbons (Fsp3) is 0.0833. The molecule has 0 aliphatic rings. The fourth-order valence-corrected chi connectivity index (χ4v) is 4.81. The van der Waals surface area contributed by atoms with Crippen molar-refractivity contribution in [1.29, 1.82) is 0 Å². The van der Waals surface area contributed by atoms with Crippen LogP contribution in [-0.4, -0.2) is 11.0 Å². The monoisotopic (exact) mass is 385 g/mol. The topological polar surface area (TPSA) is 51.2 Å². The predicted octanol–water partition coefficient (Wildman–Crippen LogP) is 6.42. The van der Waals surface area contributed by atoms with Gasteiger partial charge in [0.25, 0.3) is 0 Å². The molecule has 0 heterocycles. The molecule has 3 nitrogen and oxygen atoms in total. The number of aryl methyl sites for hydroxylation is 2. The minimum atomic E-state index is -2.76. The molecule has 0 N–H and O–H groups in total. The van der Waals surface area contributed by atoms with E-state index in [9.17, 15) is 14.2 Å². The second-order valence-electron chi connectivity index (χ2n) is 6.86. The summed E-state index contributed by atoms with van der Waals surface area (Å²) in [5.41, 5.74) is 0.947. The average molecular weight is 385 g/mol. The van der Waals surface area contributed by atoms with Crippen molar-refractivity contribution < 1.29 is 14.2 Å². The molecular weight excluding hydrogens is 367 g/mol. The van der Waals surface area contributed by atoms with Crippen LogP contribution in [0.4, 0.5) is 0 Å². The molecule has 0 bridgehead atoms. The smallest absolute Gasteiger partial charge is 0.234 e. The minimum Gasteiger partial charge on any atom is -0.234 e. The van der Waals surface area contributed by atoms with Crippen molar-refractivity contribution in [2.75, 3.05) is 0 Å². The number of rotatable bonds is 4. The Labute approximate surface area is 163 Å². The van der Waals surface area contributed by atoms with Crippen molar-refractivity contribution in [3.63, 3.8) is 0 Å². The van der Waals surface area contributed by atoms with E-state index in [0.29, 0.717) is 11.1 Å². The molecule has 0 spiro atoms. The van der Waals surface area contributed by atoms with E-state index in [1.807, 2.05) is 72.8 Å². The Morgan fingerprint density at radius 1 is 0.607 bits per heavy atom. The zero-order valence-corrected chi connectivity index (χ0v) is 16.5. The van der Waals surface area contributed by atoms with Gasteiger partial charge in [-0.2, -0.15) is 0 Å². The summed E-state index contributed by atoms with van der Waals surface area (Å²) < 4.78 is 13.1. The zero-order valence-electron chi connectivity index (χ0n) is 15.6. The normalized spacial score (nSPS) is 10.9. The molecule has 0 fully saturated rings. The van der Waals surface area contributed by atoms with Crippen molar-refractivity contribution in [2.24, 2.45) is 0 Å². The Kier molecular flexibility index (Phi) is 4.62. The lowest BCUT2D eigenvalue weighted by molar-refractivity contribution is 0.104. The number of benzene rings is 4. The van der Waals surface area contributed by atoms with E-state index in [4.69, 9.17) is 0 Å². The second kappa shape index (κ2) is 7.10. The summed E-state index contributed by atoms with van der Waals surface area (Å²) in [6, 6.07) is 22.4. The van der Waals surface area contributed by atoms with E-state index >= 15 is 0 Å². The van der Waals surface area contributed by atoms with Gasteiger partial charge >= 0.3 is 18.8 Å². The first-order valence-corrected chi connectivity index (χ1v) is 10.3. The molecule has 0 aliphatic heterocycles. The van der Waals surface area contributed by atoms with Gasteiger partial charge in [-0.15, -0.1) is 0 Å². The molecule has 0 saturated heterocycles. The molecule has 0 aromatic heterocycles. The minimum absolute atomic E-state index is 0.366. The van der Waals surface area contributed by atoms with Crippen molar-refractivity contribution in [2.45, 2.75) is 13.8 Å². The number of fused-ring (bicyclic) bond motifs is 2. The molecule has 4 rings (SSSR count). The molecule has 0 amide bonds. The molecule has 0 atom stereocenters. The van der Waals surface area contributed by atoms with Crippen LogP contribution >= 0.6 is 7.80 Å². The van der Waals surface area contributed by atoms with Crippen LogP contribution in [0.3, 0.4) is 0 Å². The highest BCUT2D eigenvalue weighted by Gasteiger charge is 2.42. The number of carbonyl (C=O) groups is 2. The average Bonchev–Trinajstić information content (AvgIpc) is 2.72. The van der Waals surface area contributed by atoms with Crippen molar-refractivity contribution in [3.8, 4) is 0 Å². The molecule has 4 aromatic rings. The van der Waals surface area contributed by atoms with Gasteiger partial charge in [0.2, 0.25) is 0 Å². The lowest BCUT2D eigenvalue weighted by atomic mass is 10.0. The highest BCUT2D eigenvalue weighted by Crippen LogP contribution is 2.38. The predicted molar refractivity (Wildman–Crippen MR) is 114 cm³/mol. The molecule has 4 heteroatoms. The Bertz CT molecular complexity index is 1190. The van der Waals surface area contributed by atoms with Gasteiger partial charge in [-0.3, -0.25) is 0 Å². The largest absolute Gasteiger partial charge is 0.501 e. The van der Waals surface area contributed by atoms with Crippen LogP contribution in [0.1, 0.15) is 31.8 Å². The summed E-state index contributed by atoms with van der Waals surface area (Å²) >= 11 is 0. The van der Waals surface area contributed by atoms with Crippen LogP contribution in [0.2, 0.25) is 0 Å². The van der Waals surface area contributed by atoms with E-state index in [-0.39, 0.29) is 0 Å². The molecule has 28 heavy (non-hydrogen) atoms. The summed E-state index contributed by atoms with van der Waals surface area (Å²) in [5, 5.41) is 3.21. The third-order valence-electron chi connectivity index (χ3n) is 5.07. The lowest BCUT2D eigenvalue weighted by Crippen LogP contribution is -2.06. The van der Waals surface area contributed by atoms with Gasteiger partial charge in [0, 0.05) is 0 Å². The van der Waals surface area contributed by atoms with Crippen LogP contribution in [0.25, 0.3) is 21.5 Å². The van der Waals surface area contributed by atoms with Crippen LogP contribution in [0.5, 0.6) is 0 Å². The Hall–Kier alpha value is -3.16. The summed E-state index contributed by atoms with van der Waals surface area (Å²) in [4.78, 5) is 26.3. The van der Waals surface area contributed by atoms with Crippen LogP contribution in [0, 0.1) is 13.8 Å². The quantitative estimate of drug-likeness (QED) is 0.381. The fourth-order valence-electron chi connectivity index (χ4n) is 3.62. The Morgan fingerprint density at radius 2 is 1.00 bits per heavy atom. The summed E-state index contributed by atoms with van der Waals surface area (Å²) in [5.74, 6) is 0. The molecule has 0 saturated carbocycles. The lowest BCUT2D eigenvalue weighted by Gasteiger charge is -2.06. The first-order valence-electron chi connectivity index (χ1n) is 9.01. The van der Waals surface area contributed by atoms with Crippen LogP contribution in [-0.2, 0) is 4.57 Å². The van der Waals surface area contributed by atoms with Crippen molar-refractivity contribution in [1.82, 2.24) is 0 Å². The summed E-state index contributed by atoms with van der Waals surface area (Å²) in [6.45, 7) is 3.60. The number of hydrogen-bond acceptors (Lipinski definition) is 3. The van der Waals surface area contributed by atoms with Gasteiger partial charge in [-0.05, 0) is 46.5 Å². The molecular formula is C24H18O3P+. The van der Waals surface area contributed by atoms with E-state index < -0.39 is 18.8 Å². The molecule has 4 aromatic carbocycles. The zero-order chi connectivity index (χ0) is 19.8. The third kappa shape index (κ3) is 2.94. The molecule has 0 aliphatic carbocycles. The second-order valence-corrected chi connectivity index (χ2v) is 8.26. The first-order chi connectivity index (χ1) is 13.5. The highest BCUT2D eigenvalue weighted by atomic mass is 31.1. The van der Waals surface area contributed by atoms with E-state index in [2.05, 4.69) is 0 Å². The van der Waals surface area contributed by atoms with Gasteiger partial charge in [-0.25, -0.2) is 9.59 Å². The number of carbonyl (C=O) groups excluding carboxylic acids is 2. The van der Waals surface area contributed by atoms with Crippen molar-refractivity contribution in [3.05, 3.63) is 95.1 Å².